The van der Waals surface area contributed by atoms with Crippen LogP contribution in [0.2, 0.25) is 10.0 Å². The minimum Gasteiger partial charge on any atom is -0.356 e. The Morgan fingerprint density at radius 1 is 1.25 bits per heavy atom. The lowest BCUT2D eigenvalue weighted by atomic mass is 10.1. The summed E-state index contributed by atoms with van der Waals surface area (Å²) in [5.74, 6) is 0.284. The van der Waals surface area contributed by atoms with E-state index >= 15 is 0 Å². The summed E-state index contributed by atoms with van der Waals surface area (Å²) in [5.41, 5.74) is 1.08. The molecular weight excluding hydrogens is 272 g/mol. The maximum atomic E-state index is 13.3. The molecule has 1 aromatic heterocycles. The number of benzene rings is 1. The predicted octanol–water partition coefficient (Wildman–Crippen LogP) is 4.22. The molecule has 0 N–H and O–H groups in total. The van der Waals surface area contributed by atoms with Crippen LogP contribution in [0.25, 0.3) is 11.3 Å². The molecule has 0 atom stereocenters. The number of halogens is 3. The minimum atomic E-state index is -0.551. The second-order valence-electron chi connectivity index (χ2n) is 3.09. The van der Waals surface area contributed by atoms with E-state index in [0.717, 1.165) is 0 Å². The molecule has 0 spiro atoms. The summed E-state index contributed by atoms with van der Waals surface area (Å²) in [7, 11) is 0. The van der Waals surface area contributed by atoms with Gasteiger partial charge in [-0.1, -0.05) is 28.4 Å². The highest BCUT2D eigenvalue weighted by Crippen LogP contribution is 2.32. The molecule has 16 heavy (non-hydrogen) atoms. The average Bonchev–Trinajstić information content (AvgIpc) is 2.71. The van der Waals surface area contributed by atoms with Crippen molar-refractivity contribution in [3.63, 3.8) is 0 Å². The number of hydrogen-bond acceptors (Lipinski definition) is 3. The summed E-state index contributed by atoms with van der Waals surface area (Å²) in [6.07, 6.45) is 0. The van der Waals surface area contributed by atoms with E-state index in [9.17, 15) is 4.39 Å². The molecule has 0 saturated heterocycles. The van der Waals surface area contributed by atoms with Crippen LogP contribution in [-0.4, -0.2) is 5.16 Å². The molecule has 0 aliphatic rings. The fraction of sp³-hybridized carbons (Fsp3) is 0.100. The maximum Gasteiger partial charge on any atom is 0.168 e. The van der Waals surface area contributed by atoms with Crippen LogP contribution in [0.1, 0.15) is 5.69 Å². The van der Waals surface area contributed by atoms with Crippen LogP contribution in [0.3, 0.4) is 0 Å². The molecule has 2 rings (SSSR count). The zero-order chi connectivity index (χ0) is 11.7. The monoisotopic (exact) mass is 277 g/mol. The third-order valence-electron chi connectivity index (χ3n) is 2.00. The van der Waals surface area contributed by atoms with Crippen molar-refractivity contribution in [1.29, 1.82) is 0 Å². The Labute approximate surface area is 107 Å². The highest BCUT2D eigenvalue weighted by atomic mass is 35.5. The first-order valence-electron chi connectivity index (χ1n) is 4.33. The van der Waals surface area contributed by atoms with E-state index in [1.54, 1.807) is 6.07 Å². The normalized spacial score (nSPS) is 10.8. The average molecular weight is 278 g/mol. The molecule has 2 aromatic rings. The Morgan fingerprint density at radius 2 is 2.00 bits per heavy atom. The zero-order valence-electron chi connectivity index (χ0n) is 7.88. The molecule has 84 valence electrons. The first-order chi connectivity index (χ1) is 7.61. The molecule has 0 aliphatic carbocycles. The summed E-state index contributed by atoms with van der Waals surface area (Å²) in [5, 5.41) is 4.03. The number of nitrogens with zero attached hydrogens (tertiary/aromatic N) is 1. The van der Waals surface area contributed by atoms with Crippen LogP contribution < -0.4 is 0 Å². The largest absolute Gasteiger partial charge is 0.356 e. The van der Waals surface area contributed by atoms with E-state index in [2.05, 4.69) is 17.8 Å². The van der Waals surface area contributed by atoms with Crippen LogP contribution in [0.5, 0.6) is 0 Å². The molecule has 2 nitrogen and oxygen atoms in total. The van der Waals surface area contributed by atoms with Crippen molar-refractivity contribution in [3.05, 3.63) is 39.8 Å². The van der Waals surface area contributed by atoms with Crippen molar-refractivity contribution in [2.75, 3.05) is 0 Å². The Kier molecular flexibility index (Phi) is 3.42. The number of thiol groups is 1. The standard InChI is InChI=1S/C10H6Cl2FNOS/c11-7-3-8(12)9(13)2-6(7)10-1-5(4-16)14-15-10/h1-3,16H,4H2. The Bertz CT molecular complexity index is 530. The third-order valence-corrected chi connectivity index (χ3v) is 2.92. The van der Waals surface area contributed by atoms with Crippen LogP contribution in [0, 0.1) is 5.82 Å². The topological polar surface area (TPSA) is 26.0 Å². The van der Waals surface area contributed by atoms with Gasteiger partial charge in [0, 0.05) is 17.4 Å². The SMILES string of the molecule is Fc1cc(-c2cc(CS)no2)c(Cl)cc1Cl. The molecule has 0 bridgehead atoms. The molecule has 1 aromatic carbocycles. The maximum absolute atomic E-state index is 13.3. The number of aromatic nitrogens is 1. The van der Waals surface area contributed by atoms with Crippen molar-refractivity contribution < 1.29 is 8.91 Å². The van der Waals surface area contributed by atoms with E-state index in [1.165, 1.54) is 12.1 Å². The zero-order valence-corrected chi connectivity index (χ0v) is 10.3. The summed E-state index contributed by atoms with van der Waals surface area (Å²) >= 11 is 15.6. The van der Waals surface area contributed by atoms with Gasteiger partial charge in [-0.15, -0.1) is 0 Å². The van der Waals surface area contributed by atoms with Crippen molar-refractivity contribution in [2.45, 2.75) is 5.75 Å². The van der Waals surface area contributed by atoms with Gasteiger partial charge in [0.15, 0.2) is 5.76 Å². The minimum absolute atomic E-state index is 0.0253. The van der Waals surface area contributed by atoms with Gasteiger partial charge < -0.3 is 4.52 Å². The van der Waals surface area contributed by atoms with Gasteiger partial charge in [-0.05, 0) is 12.1 Å². The molecule has 1 heterocycles. The van der Waals surface area contributed by atoms with E-state index in [1.807, 2.05) is 0 Å². The summed E-state index contributed by atoms with van der Waals surface area (Å²) in [6.45, 7) is 0. The number of rotatable bonds is 2. The molecular formula is C10H6Cl2FNOS. The highest BCUT2D eigenvalue weighted by Gasteiger charge is 2.13. The van der Waals surface area contributed by atoms with E-state index < -0.39 is 5.82 Å². The van der Waals surface area contributed by atoms with Gasteiger partial charge in [0.25, 0.3) is 0 Å². The summed E-state index contributed by atoms with van der Waals surface area (Å²) in [6, 6.07) is 4.20. The number of hydrogen-bond donors (Lipinski definition) is 1. The molecule has 0 unspecified atom stereocenters. The smallest absolute Gasteiger partial charge is 0.168 e. The van der Waals surface area contributed by atoms with Crippen LogP contribution in [0.15, 0.2) is 22.7 Å². The van der Waals surface area contributed by atoms with E-state index in [-0.39, 0.29) is 5.02 Å². The highest BCUT2D eigenvalue weighted by molar-refractivity contribution is 7.79. The predicted molar refractivity (Wildman–Crippen MR) is 64.6 cm³/mol. The third kappa shape index (κ3) is 2.19. The first-order valence-corrected chi connectivity index (χ1v) is 5.72. The Hall–Kier alpha value is -0.710. The van der Waals surface area contributed by atoms with Crippen LogP contribution in [-0.2, 0) is 5.75 Å². The quantitative estimate of drug-likeness (QED) is 0.657. The molecule has 0 fully saturated rings. The van der Waals surface area contributed by atoms with Crippen molar-refractivity contribution >= 4 is 35.8 Å². The van der Waals surface area contributed by atoms with Gasteiger partial charge in [0.05, 0.1) is 15.7 Å². The molecule has 0 saturated carbocycles. The lowest BCUT2D eigenvalue weighted by molar-refractivity contribution is 0.426. The fourth-order valence-corrected chi connectivity index (χ4v) is 1.85. The lowest BCUT2D eigenvalue weighted by Gasteiger charge is -2.01. The second-order valence-corrected chi connectivity index (χ2v) is 4.22. The van der Waals surface area contributed by atoms with Gasteiger partial charge in [-0.2, -0.15) is 12.6 Å². The van der Waals surface area contributed by atoms with Gasteiger partial charge >= 0.3 is 0 Å². The Balaban J connectivity index is 2.51. The van der Waals surface area contributed by atoms with Crippen LogP contribution >= 0.6 is 35.8 Å². The molecule has 6 heteroatoms. The second kappa shape index (κ2) is 4.65. The molecule has 0 amide bonds. The molecule has 0 radical (unpaired) electrons. The van der Waals surface area contributed by atoms with Gasteiger partial charge in [-0.25, -0.2) is 4.39 Å². The van der Waals surface area contributed by atoms with Crippen LogP contribution in [0.4, 0.5) is 4.39 Å². The van der Waals surface area contributed by atoms with E-state index in [4.69, 9.17) is 27.7 Å². The van der Waals surface area contributed by atoms with Gasteiger partial charge in [0.1, 0.15) is 5.82 Å². The summed E-state index contributed by atoms with van der Waals surface area (Å²) < 4.78 is 18.3. The van der Waals surface area contributed by atoms with Gasteiger partial charge in [0.2, 0.25) is 0 Å². The molecule has 0 aliphatic heterocycles. The lowest BCUT2D eigenvalue weighted by Crippen LogP contribution is -1.82. The summed E-state index contributed by atoms with van der Waals surface area (Å²) in [4.78, 5) is 0. The Morgan fingerprint density at radius 3 is 2.62 bits per heavy atom. The van der Waals surface area contributed by atoms with Crippen molar-refractivity contribution in [3.8, 4) is 11.3 Å². The first kappa shape index (κ1) is 11.8. The van der Waals surface area contributed by atoms with Crippen molar-refractivity contribution in [1.82, 2.24) is 5.16 Å². The van der Waals surface area contributed by atoms with E-state index in [0.29, 0.717) is 27.8 Å². The van der Waals surface area contributed by atoms with Crippen molar-refractivity contribution in [2.24, 2.45) is 0 Å². The fourth-order valence-electron chi connectivity index (χ4n) is 1.22. The van der Waals surface area contributed by atoms with Gasteiger partial charge in [-0.3, -0.25) is 0 Å².